The number of rotatable bonds is 10. The normalized spacial score (nSPS) is 10.7. The van der Waals surface area contributed by atoms with Crippen molar-refractivity contribution in [2.45, 2.75) is 19.0 Å². The summed E-state index contributed by atoms with van der Waals surface area (Å²) in [6, 6.07) is 5.18. The molecule has 160 valence electrons. The Bertz CT molecular complexity index is 1030. The summed E-state index contributed by atoms with van der Waals surface area (Å²) in [7, 11) is 3.10. The summed E-state index contributed by atoms with van der Waals surface area (Å²) in [6.45, 7) is 5.28. The number of ether oxygens (including phenoxy) is 2. The molecule has 0 saturated carbocycles. The van der Waals surface area contributed by atoms with Gasteiger partial charge in [0.15, 0.2) is 5.16 Å². The van der Waals surface area contributed by atoms with Crippen LogP contribution in [0.25, 0.3) is 5.78 Å². The lowest BCUT2D eigenvalue weighted by Crippen LogP contribution is -2.15. The number of thioether (sulfide) groups is 1. The average molecular weight is 433 g/mol. The van der Waals surface area contributed by atoms with E-state index < -0.39 is 0 Å². The van der Waals surface area contributed by atoms with E-state index in [1.165, 1.54) is 18.9 Å². The molecule has 30 heavy (non-hydrogen) atoms. The van der Waals surface area contributed by atoms with Crippen LogP contribution in [0.1, 0.15) is 13.8 Å². The Morgan fingerprint density at radius 3 is 2.60 bits per heavy atom. The first-order valence-corrected chi connectivity index (χ1v) is 10.3. The van der Waals surface area contributed by atoms with Gasteiger partial charge < -0.3 is 25.4 Å². The fourth-order valence-corrected chi connectivity index (χ4v) is 3.34. The molecule has 0 radical (unpaired) electrons. The van der Waals surface area contributed by atoms with Gasteiger partial charge in [0, 0.05) is 19.2 Å². The zero-order chi connectivity index (χ0) is 21.5. The monoisotopic (exact) mass is 432 g/mol. The zero-order valence-electron chi connectivity index (χ0n) is 17.2. The molecule has 0 saturated heterocycles. The first-order valence-electron chi connectivity index (χ1n) is 9.35. The second-order valence-corrected chi connectivity index (χ2v) is 6.90. The number of carbonyl (C=O) groups is 1. The number of anilines is 3. The summed E-state index contributed by atoms with van der Waals surface area (Å²) in [4.78, 5) is 21.3. The Labute approximate surface area is 178 Å². The van der Waals surface area contributed by atoms with Crippen molar-refractivity contribution in [3.63, 3.8) is 0 Å². The van der Waals surface area contributed by atoms with Gasteiger partial charge in [-0.3, -0.25) is 4.79 Å². The Hall–Kier alpha value is -3.28. The van der Waals surface area contributed by atoms with E-state index in [2.05, 4.69) is 36.1 Å². The van der Waals surface area contributed by atoms with Crippen LogP contribution in [0.15, 0.2) is 23.4 Å². The highest BCUT2D eigenvalue weighted by Gasteiger charge is 2.16. The number of methoxy groups -OCH3 is 2. The lowest BCUT2D eigenvalue weighted by molar-refractivity contribution is -0.113. The van der Waals surface area contributed by atoms with Crippen molar-refractivity contribution in [1.82, 2.24) is 24.6 Å². The van der Waals surface area contributed by atoms with Crippen molar-refractivity contribution < 1.29 is 14.3 Å². The van der Waals surface area contributed by atoms with Crippen molar-refractivity contribution >= 4 is 41.0 Å². The molecule has 1 aromatic carbocycles. The van der Waals surface area contributed by atoms with Gasteiger partial charge in [-0.15, -0.1) is 10.2 Å². The second kappa shape index (κ2) is 9.96. The number of fused-ring (bicyclic) bond motifs is 1. The molecule has 0 atom stereocenters. The van der Waals surface area contributed by atoms with Crippen LogP contribution >= 0.6 is 11.8 Å². The molecule has 12 heteroatoms. The lowest BCUT2D eigenvalue weighted by Gasteiger charge is -2.12. The highest BCUT2D eigenvalue weighted by molar-refractivity contribution is 7.99. The molecule has 2 heterocycles. The van der Waals surface area contributed by atoms with Crippen LogP contribution in [0.2, 0.25) is 0 Å². The van der Waals surface area contributed by atoms with Crippen molar-refractivity contribution in [2.24, 2.45) is 0 Å². The number of benzene rings is 1. The van der Waals surface area contributed by atoms with Gasteiger partial charge in [-0.2, -0.15) is 9.97 Å². The molecule has 0 fully saturated rings. The summed E-state index contributed by atoms with van der Waals surface area (Å²) < 4.78 is 12.2. The van der Waals surface area contributed by atoms with Crippen LogP contribution in [-0.2, 0) is 4.79 Å². The zero-order valence-corrected chi connectivity index (χ0v) is 18.0. The van der Waals surface area contributed by atoms with Crippen LogP contribution in [-0.4, -0.2) is 63.5 Å². The van der Waals surface area contributed by atoms with Crippen LogP contribution < -0.4 is 25.4 Å². The maximum Gasteiger partial charge on any atom is 0.261 e. The van der Waals surface area contributed by atoms with E-state index in [-0.39, 0.29) is 11.7 Å². The maximum absolute atomic E-state index is 12.5. The third kappa shape index (κ3) is 4.82. The van der Waals surface area contributed by atoms with Crippen LogP contribution in [0.4, 0.5) is 17.6 Å². The Morgan fingerprint density at radius 1 is 1.10 bits per heavy atom. The molecule has 0 bridgehead atoms. The standard InChI is InChI=1S/C18H24N8O3S/c1-5-19-15-22-16(20-6-2)26-17(23-15)24-25-18(26)30-10-14(27)21-12-8-7-11(28-3)9-13(12)29-4/h7-9H,5-6,10H2,1-4H3,(H,21,27)(H2,19,20,22,23,24). The highest BCUT2D eigenvalue weighted by Crippen LogP contribution is 2.29. The van der Waals surface area contributed by atoms with Gasteiger partial charge in [0.2, 0.25) is 17.8 Å². The fourth-order valence-electron chi connectivity index (χ4n) is 2.62. The molecule has 3 rings (SSSR count). The summed E-state index contributed by atoms with van der Waals surface area (Å²) >= 11 is 1.24. The number of hydrogen-bond acceptors (Lipinski definition) is 10. The molecule has 2 aromatic heterocycles. The van der Waals surface area contributed by atoms with Gasteiger partial charge in [-0.1, -0.05) is 11.8 Å². The molecule has 3 aromatic rings. The number of carbonyl (C=O) groups excluding carboxylic acids is 1. The molecule has 11 nitrogen and oxygen atoms in total. The van der Waals surface area contributed by atoms with E-state index in [0.717, 1.165) is 0 Å². The van der Waals surface area contributed by atoms with Gasteiger partial charge in [-0.05, 0) is 26.0 Å². The predicted molar refractivity (Wildman–Crippen MR) is 116 cm³/mol. The molecule has 0 aliphatic heterocycles. The molecule has 0 unspecified atom stereocenters. The van der Waals surface area contributed by atoms with Crippen molar-refractivity contribution in [2.75, 3.05) is 49.0 Å². The number of amides is 1. The third-order valence-corrected chi connectivity index (χ3v) is 4.86. The van der Waals surface area contributed by atoms with Crippen LogP contribution in [0, 0.1) is 0 Å². The second-order valence-electron chi connectivity index (χ2n) is 5.95. The van der Waals surface area contributed by atoms with Gasteiger partial charge in [0.05, 0.1) is 25.7 Å². The van der Waals surface area contributed by atoms with Crippen molar-refractivity contribution in [1.29, 1.82) is 0 Å². The first kappa shape index (κ1) is 21.4. The van der Waals surface area contributed by atoms with E-state index in [4.69, 9.17) is 9.47 Å². The summed E-state index contributed by atoms with van der Waals surface area (Å²) in [5.41, 5.74) is 0.557. The number of hydrogen-bond donors (Lipinski definition) is 3. The Kier molecular flexibility index (Phi) is 7.12. The van der Waals surface area contributed by atoms with E-state index in [9.17, 15) is 4.79 Å². The van der Waals surface area contributed by atoms with Gasteiger partial charge in [0.1, 0.15) is 11.5 Å². The predicted octanol–water partition coefficient (Wildman–Crippen LogP) is 2.13. The van der Waals surface area contributed by atoms with E-state index >= 15 is 0 Å². The molecular weight excluding hydrogens is 408 g/mol. The average Bonchev–Trinajstić information content (AvgIpc) is 3.16. The molecule has 3 N–H and O–H groups in total. The largest absolute Gasteiger partial charge is 0.497 e. The molecule has 0 aliphatic carbocycles. The summed E-state index contributed by atoms with van der Waals surface area (Å²) in [6.07, 6.45) is 0. The Balaban J connectivity index is 1.74. The minimum Gasteiger partial charge on any atom is -0.497 e. The van der Waals surface area contributed by atoms with E-state index in [0.29, 0.717) is 53.1 Å². The lowest BCUT2D eigenvalue weighted by atomic mass is 10.2. The van der Waals surface area contributed by atoms with Crippen LogP contribution in [0.3, 0.4) is 0 Å². The minimum atomic E-state index is -0.213. The molecule has 1 amide bonds. The number of aromatic nitrogens is 5. The maximum atomic E-state index is 12.5. The van der Waals surface area contributed by atoms with Crippen LogP contribution in [0.5, 0.6) is 11.5 Å². The van der Waals surface area contributed by atoms with Crippen molar-refractivity contribution in [3.05, 3.63) is 18.2 Å². The summed E-state index contributed by atoms with van der Waals surface area (Å²) in [5.74, 6) is 2.49. The fraction of sp³-hybridized carbons (Fsp3) is 0.389. The third-order valence-electron chi connectivity index (χ3n) is 3.93. The molecule has 0 aliphatic rings. The SMILES string of the molecule is CCNc1nc(NCC)n2c(SCC(=O)Nc3ccc(OC)cc3OC)nnc2n1. The first-order chi connectivity index (χ1) is 14.6. The van der Waals surface area contributed by atoms with Gasteiger partial charge in [-0.25, -0.2) is 4.40 Å². The molecule has 0 spiro atoms. The van der Waals surface area contributed by atoms with E-state index in [1.54, 1.807) is 29.7 Å². The van der Waals surface area contributed by atoms with Gasteiger partial charge >= 0.3 is 0 Å². The summed E-state index contributed by atoms with van der Waals surface area (Å²) in [5, 5.41) is 17.9. The van der Waals surface area contributed by atoms with Crippen molar-refractivity contribution in [3.8, 4) is 11.5 Å². The number of nitrogens with one attached hydrogen (secondary N) is 3. The molecular formula is C18H24N8O3S. The van der Waals surface area contributed by atoms with Gasteiger partial charge in [0.25, 0.3) is 5.78 Å². The minimum absolute atomic E-state index is 0.122. The smallest absolute Gasteiger partial charge is 0.261 e. The Morgan fingerprint density at radius 2 is 1.90 bits per heavy atom. The quantitative estimate of drug-likeness (QED) is 0.410. The highest BCUT2D eigenvalue weighted by atomic mass is 32.2. The van der Waals surface area contributed by atoms with E-state index in [1.807, 2.05) is 13.8 Å². The number of nitrogens with zero attached hydrogens (tertiary/aromatic N) is 5. The topological polar surface area (TPSA) is 128 Å².